The summed E-state index contributed by atoms with van der Waals surface area (Å²) in [6.45, 7) is 6.53. The second kappa shape index (κ2) is 13.2. The fraction of sp³-hybridized carbons (Fsp3) is 0.379. The molecule has 0 unspecified atom stereocenters. The van der Waals surface area contributed by atoms with Gasteiger partial charge in [0, 0.05) is 23.2 Å². The molecule has 2 amide bonds. The molecule has 37 heavy (non-hydrogen) atoms. The summed E-state index contributed by atoms with van der Waals surface area (Å²) in [5.41, 5.74) is 1.50. The van der Waals surface area contributed by atoms with Crippen LogP contribution in [0.5, 0.6) is 11.5 Å². The molecule has 0 N–H and O–H groups in total. The first-order valence-corrected chi connectivity index (χ1v) is 12.7. The van der Waals surface area contributed by atoms with Crippen molar-refractivity contribution < 1.29 is 23.5 Å². The minimum absolute atomic E-state index is 0.0396. The van der Waals surface area contributed by atoms with Gasteiger partial charge >= 0.3 is 0 Å². The normalized spacial score (nSPS) is 11.6. The molecule has 198 valence electrons. The van der Waals surface area contributed by atoms with Crippen LogP contribution in [-0.2, 0) is 17.8 Å². The molecule has 1 atom stereocenters. The largest absolute Gasteiger partial charge is 0.493 e. The van der Waals surface area contributed by atoms with E-state index in [0.29, 0.717) is 47.4 Å². The van der Waals surface area contributed by atoms with Crippen molar-refractivity contribution in [2.75, 3.05) is 27.3 Å². The first-order valence-electron chi connectivity index (χ1n) is 12.4. The van der Waals surface area contributed by atoms with Gasteiger partial charge in [-0.25, -0.2) is 0 Å². The van der Waals surface area contributed by atoms with Crippen molar-refractivity contribution in [2.24, 2.45) is 0 Å². The van der Waals surface area contributed by atoms with Gasteiger partial charge in [-0.1, -0.05) is 24.6 Å². The highest BCUT2D eigenvalue weighted by atomic mass is 35.5. The number of carbonyl (C=O) groups is 2. The molecule has 3 rings (SSSR count). The lowest BCUT2D eigenvalue weighted by atomic mass is 10.1. The van der Waals surface area contributed by atoms with Crippen LogP contribution in [0.25, 0.3) is 0 Å². The van der Waals surface area contributed by atoms with E-state index in [1.807, 2.05) is 51.1 Å². The molecule has 1 heterocycles. The molecule has 3 aromatic rings. The average Bonchev–Trinajstić information content (AvgIpc) is 3.33. The molecule has 0 aliphatic rings. The molecule has 0 radical (unpaired) electrons. The third kappa shape index (κ3) is 7.52. The number of hydrogen-bond donors (Lipinski definition) is 0. The molecule has 0 saturated carbocycles. The number of rotatable bonds is 12. The van der Waals surface area contributed by atoms with Gasteiger partial charge in [0.2, 0.25) is 5.91 Å². The number of hydrogen-bond acceptors (Lipinski definition) is 5. The second-order valence-electron chi connectivity index (χ2n) is 8.96. The molecule has 0 spiro atoms. The predicted molar refractivity (Wildman–Crippen MR) is 144 cm³/mol. The highest BCUT2D eigenvalue weighted by Gasteiger charge is 2.26. The maximum absolute atomic E-state index is 13.6. The second-order valence-corrected chi connectivity index (χ2v) is 9.40. The van der Waals surface area contributed by atoms with Crippen LogP contribution in [0.1, 0.15) is 47.7 Å². The fourth-order valence-electron chi connectivity index (χ4n) is 4.00. The zero-order valence-electron chi connectivity index (χ0n) is 22.1. The number of carbonyl (C=O) groups excluding carboxylic acids is 2. The summed E-state index contributed by atoms with van der Waals surface area (Å²) in [6.07, 6.45) is 1.32. The zero-order valence-corrected chi connectivity index (χ0v) is 22.9. The van der Waals surface area contributed by atoms with Gasteiger partial charge in [0.15, 0.2) is 11.5 Å². The summed E-state index contributed by atoms with van der Waals surface area (Å²) in [5.74, 6) is 2.40. The number of furan rings is 1. The number of benzene rings is 2. The number of halogens is 1. The SMILES string of the molecule is CC[C@@H](C)N(CC(=O)N(CCc1ccc(OC)c(OC)c1)Cc1ccc(C)o1)C(=O)c1ccc(Cl)cc1. The lowest BCUT2D eigenvalue weighted by molar-refractivity contribution is -0.133. The van der Waals surface area contributed by atoms with Gasteiger partial charge in [-0.2, -0.15) is 0 Å². The van der Waals surface area contributed by atoms with Crippen LogP contribution in [0, 0.1) is 6.92 Å². The molecule has 2 aromatic carbocycles. The fourth-order valence-corrected chi connectivity index (χ4v) is 4.13. The Balaban J connectivity index is 1.81. The topological polar surface area (TPSA) is 72.2 Å². The van der Waals surface area contributed by atoms with Crippen LogP contribution >= 0.6 is 11.6 Å². The zero-order chi connectivity index (χ0) is 26.9. The molecular formula is C29H35ClN2O5. The van der Waals surface area contributed by atoms with Gasteiger partial charge < -0.3 is 23.7 Å². The maximum atomic E-state index is 13.6. The minimum Gasteiger partial charge on any atom is -0.493 e. The maximum Gasteiger partial charge on any atom is 0.254 e. The van der Waals surface area contributed by atoms with Crippen LogP contribution in [0.3, 0.4) is 0 Å². The summed E-state index contributed by atoms with van der Waals surface area (Å²) in [7, 11) is 3.19. The van der Waals surface area contributed by atoms with Crippen LogP contribution in [0.4, 0.5) is 0 Å². The summed E-state index contributed by atoms with van der Waals surface area (Å²) >= 11 is 6.00. The van der Waals surface area contributed by atoms with E-state index in [-0.39, 0.29) is 24.4 Å². The third-order valence-electron chi connectivity index (χ3n) is 6.39. The number of amides is 2. The van der Waals surface area contributed by atoms with Crippen molar-refractivity contribution in [3.8, 4) is 11.5 Å². The van der Waals surface area contributed by atoms with Crippen molar-refractivity contribution in [3.05, 3.63) is 82.3 Å². The van der Waals surface area contributed by atoms with Gasteiger partial charge in [-0.15, -0.1) is 0 Å². The van der Waals surface area contributed by atoms with E-state index in [0.717, 1.165) is 17.7 Å². The van der Waals surface area contributed by atoms with E-state index in [2.05, 4.69) is 0 Å². The monoisotopic (exact) mass is 526 g/mol. The van der Waals surface area contributed by atoms with Crippen molar-refractivity contribution in [2.45, 2.75) is 46.2 Å². The predicted octanol–water partition coefficient (Wildman–Crippen LogP) is 5.77. The Morgan fingerprint density at radius 2 is 1.70 bits per heavy atom. The van der Waals surface area contributed by atoms with E-state index in [1.54, 1.807) is 48.3 Å². The number of ether oxygens (including phenoxy) is 2. The van der Waals surface area contributed by atoms with Gasteiger partial charge in [0.1, 0.15) is 18.1 Å². The Morgan fingerprint density at radius 1 is 1.00 bits per heavy atom. The van der Waals surface area contributed by atoms with Gasteiger partial charge in [-0.05, 0) is 80.8 Å². The number of nitrogens with zero attached hydrogens (tertiary/aromatic N) is 2. The lowest BCUT2D eigenvalue weighted by Gasteiger charge is -2.31. The lowest BCUT2D eigenvalue weighted by Crippen LogP contribution is -2.46. The van der Waals surface area contributed by atoms with Gasteiger partial charge in [-0.3, -0.25) is 9.59 Å². The van der Waals surface area contributed by atoms with Crippen LogP contribution in [0.2, 0.25) is 5.02 Å². The third-order valence-corrected chi connectivity index (χ3v) is 6.65. The summed E-state index contributed by atoms with van der Waals surface area (Å²) in [4.78, 5) is 30.4. The van der Waals surface area contributed by atoms with E-state index in [4.69, 9.17) is 25.5 Å². The van der Waals surface area contributed by atoms with Crippen LogP contribution in [0.15, 0.2) is 59.0 Å². The molecule has 0 aliphatic carbocycles. The first-order chi connectivity index (χ1) is 17.7. The number of methoxy groups -OCH3 is 2. The molecule has 0 fully saturated rings. The molecule has 7 nitrogen and oxygen atoms in total. The Kier molecular flexibility index (Phi) is 10.0. The molecule has 0 aliphatic heterocycles. The van der Waals surface area contributed by atoms with E-state index in [9.17, 15) is 9.59 Å². The highest BCUT2D eigenvalue weighted by Crippen LogP contribution is 2.28. The van der Waals surface area contributed by atoms with Crippen LogP contribution in [-0.4, -0.2) is 55.0 Å². The number of aryl methyl sites for hydroxylation is 1. The van der Waals surface area contributed by atoms with E-state index >= 15 is 0 Å². The van der Waals surface area contributed by atoms with Crippen molar-refractivity contribution in [3.63, 3.8) is 0 Å². The van der Waals surface area contributed by atoms with Gasteiger partial charge in [0.25, 0.3) is 5.91 Å². The minimum atomic E-state index is -0.201. The van der Waals surface area contributed by atoms with E-state index in [1.165, 1.54) is 0 Å². The Bertz CT molecular complexity index is 1190. The summed E-state index contributed by atoms with van der Waals surface area (Å²) in [6, 6.07) is 16.1. The van der Waals surface area contributed by atoms with Crippen LogP contribution < -0.4 is 9.47 Å². The Labute approximate surface area is 223 Å². The molecule has 0 bridgehead atoms. The molecule has 1 aromatic heterocycles. The highest BCUT2D eigenvalue weighted by molar-refractivity contribution is 6.30. The molecular weight excluding hydrogens is 492 g/mol. The quantitative estimate of drug-likeness (QED) is 0.299. The van der Waals surface area contributed by atoms with Gasteiger partial charge in [0.05, 0.1) is 20.8 Å². The van der Waals surface area contributed by atoms with E-state index < -0.39 is 0 Å². The smallest absolute Gasteiger partial charge is 0.254 e. The first kappa shape index (κ1) is 28.1. The van der Waals surface area contributed by atoms with Crippen molar-refractivity contribution >= 4 is 23.4 Å². The molecule has 0 saturated heterocycles. The summed E-state index contributed by atoms with van der Waals surface area (Å²) < 4.78 is 16.5. The average molecular weight is 527 g/mol. The van der Waals surface area contributed by atoms with Crippen molar-refractivity contribution in [1.29, 1.82) is 0 Å². The summed E-state index contributed by atoms with van der Waals surface area (Å²) in [5, 5.41) is 0.554. The van der Waals surface area contributed by atoms with Crippen molar-refractivity contribution in [1.82, 2.24) is 9.80 Å². The standard InChI is InChI=1S/C29H35ClN2O5/c1-6-20(2)32(29(34)23-9-11-24(30)12-10-23)19-28(33)31(18-25-13-7-21(3)37-25)16-15-22-8-14-26(35-4)27(17-22)36-5/h7-14,17,20H,6,15-16,18-19H2,1-5H3/t20-/m1/s1. The Morgan fingerprint density at radius 3 is 2.30 bits per heavy atom. The Hall–Kier alpha value is -3.45. The molecule has 8 heteroatoms.